The molecule has 142 valence electrons. The van der Waals surface area contributed by atoms with Crippen molar-refractivity contribution in [2.45, 2.75) is 20.4 Å². The zero-order chi connectivity index (χ0) is 19.7. The second-order valence-electron chi connectivity index (χ2n) is 6.13. The van der Waals surface area contributed by atoms with Gasteiger partial charge in [-0.1, -0.05) is 0 Å². The molecule has 0 radical (unpaired) electrons. The first-order valence-corrected chi connectivity index (χ1v) is 10.2. The molecule has 28 heavy (non-hydrogen) atoms. The minimum atomic E-state index is -0.356. The first-order chi connectivity index (χ1) is 13.5. The van der Waals surface area contributed by atoms with Crippen LogP contribution in [0.3, 0.4) is 0 Å². The van der Waals surface area contributed by atoms with Gasteiger partial charge in [0.25, 0.3) is 5.91 Å². The number of carbonyl (C=O) groups excluding carboxylic acids is 1. The maximum absolute atomic E-state index is 13.4. The molecular weight excluding hydrogens is 397 g/mol. The monoisotopic (exact) mass is 413 g/mol. The van der Waals surface area contributed by atoms with Crippen LogP contribution in [0, 0.1) is 19.7 Å². The molecule has 3 aromatic heterocycles. The Hall–Kier alpha value is -2.84. The average Bonchev–Trinajstić information content (AvgIpc) is 3.41. The lowest BCUT2D eigenvalue weighted by Crippen LogP contribution is -2.31. The van der Waals surface area contributed by atoms with E-state index in [1.165, 1.54) is 34.8 Å². The van der Waals surface area contributed by atoms with Crippen LogP contribution in [0.4, 0.5) is 10.1 Å². The zero-order valence-corrected chi connectivity index (χ0v) is 16.8. The molecule has 0 unspecified atom stereocenters. The highest BCUT2D eigenvalue weighted by Crippen LogP contribution is 2.30. The molecule has 5 nitrogen and oxygen atoms in total. The third-order valence-electron chi connectivity index (χ3n) is 4.10. The van der Waals surface area contributed by atoms with E-state index >= 15 is 0 Å². The third kappa shape index (κ3) is 3.74. The van der Waals surface area contributed by atoms with Gasteiger partial charge in [0.2, 0.25) is 0 Å². The number of anilines is 1. The highest BCUT2D eigenvalue weighted by molar-refractivity contribution is 7.15. The number of hydrogen-bond acceptors (Lipinski definition) is 6. The van der Waals surface area contributed by atoms with Gasteiger partial charge >= 0.3 is 0 Å². The number of halogens is 1. The molecule has 4 aromatic rings. The van der Waals surface area contributed by atoms with Gasteiger partial charge < -0.3 is 9.32 Å². The summed E-state index contributed by atoms with van der Waals surface area (Å²) in [6, 6.07) is 9.43. The number of amides is 1. The Labute approximate surface area is 169 Å². The first-order valence-electron chi connectivity index (χ1n) is 8.51. The molecule has 0 saturated heterocycles. The topological polar surface area (TPSA) is 59.2 Å². The molecule has 0 spiro atoms. The Morgan fingerprint density at radius 1 is 1.18 bits per heavy atom. The smallest absolute Gasteiger partial charge is 0.278 e. The molecule has 1 aromatic carbocycles. The quantitative estimate of drug-likeness (QED) is 0.436. The van der Waals surface area contributed by atoms with Gasteiger partial charge in [-0.3, -0.25) is 4.79 Å². The third-order valence-corrected chi connectivity index (χ3v) is 5.91. The molecule has 0 saturated carbocycles. The van der Waals surface area contributed by atoms with Crippen LogP contribution in [0.1, 0.15) is 26.1 Å². The van der Waals surface area contributed by atoms with Crippen molar-refractivity contribution in [2.24, 2.45) is 0 Å². The Balaban J connectivity index is 1.71. The highest BCUT2D eigenvalue weighted by Gasteiger charge is 2.25. The fourth-order valence-corrected chi connectivity index (χ4v) is 4.25. The number of rotatable bonds is 5. The van der Waals surface area contributed by atoms with E-state index in [-0.39, 0.29) is 18.3 Å². The molecule has 0 aliphatic carbocycles. The van der Waals surface area contributed by atoms with Crippen LogP contribution in [-0.2, 0) is 6.54 Å². The summed E-state index contributed by atoms with van der Waals surface area (Å²) in [5.74, 6) is 0.00465. The molecule has 0 atom stereocenters. The van der Waals surface area contributed by atoms with Gasteiger partial charge in [0.1, 0.15) is 11.5 Å². The fourth-order valence-electron chi connectivity index (χ4n) is 2.77. The molecule has 0 N–H and O–H groups in total. The van der Waals surface area contributed by atoms with E-state index in [0.717, 1.165) is 15.6 Å². The van der Waals surface area contributed by atoms with Crippen LogP contribution in [0.25, 0.3) is 10.8 Å². The van der Waals surface area contributed by atoms with E-state index in [1.807, 2.05) is 25.3 Å². The van der Waals surface area contributed by atoms with Gasteiger partial charge in [0.05, 0.1) is 23.5 Å². The average molecular weight is 413 g/mol. The van der Waals surface area contributed by atoms with E-state index in [0.29, 0.717) is 22.1 Å². The number of aryl methyl sites for hydroxylation is 2. The summed E-state index contributed by atoms with van der Waals surface area (Å²) in [7, 11) is 0. The van der Waals surface area contributed by atoms with Crippen LogP contribution in [-0.4, -0.2) is 15.9 Å². The summed E-state index contributed by atoms with van der Waals surface area (Å²) in [4.78, 5) is 24.7. The van der Waals surface area contributed by atoms with Gasteiger partial charge in [0, 0.05) is 15.9 Å². The number of aromatic nitrogens is 2. The maximum Gasteiger partial charge on any atom is 0.278 e. The van der Waals surface area contributed by atoms with Crippen LogP contribution < -0.4 is 4.90 Å². The summed E-state index contributed by atoms with van der Waals surface area (Å²) in [6.07, 6.45) is 1.57. The van der Waals surface area contributed by atoms with Gasteiger partial charge in [-0.15, -0.1) is 22.7 Å². The molecule has 0 aliphatic rings. The second-order valence-corrected chi connectivity index (χ2v) is 8.39. The molecule has 8 heteroatoms. The Kier molecular flexibility index (Phi) is 5.06. The number of carbonyl (C=O) groups is 1. The van der Waals surface area contributed by atoms with E-state index < -0.39 is 0 Å². The van der Waals surface area contributed by atoms with Crippen LogP contribution in [0.15, 0.2) is 52.5 Å². The predicted octanol–water partition coefficient (Wildman–Crippen LogP) is 5.46. The maximum atomic E-state index is 13.4. The van der Waals surface area contributed by atoms with E-state index in [1.54, 1.807) is 29.4 Å². The van der Waals surface area contributed by atoms with E-state index in [9.17, 15) is 9.18 Å². The number of nitrogens with zero attached hydrogens (tertiary/aromatic N) is 3. The standard InChI is InChI=1S/C20H16FN3O2S2/c1-12-18(23-19(28-12)17-4-3-9-26-17)20(25)24(10-15-11-27-13(2)22-15)16-7-5-14(21)6-8-16/h3-9,11H,10H2,1-2H3. The van der Waals surface area contributed by atoms with Crippen LogP contribution >= 0.6 is 22.7 Å². The normalized spacial score (nSPS) is 11.0. The number of thiazole rings is 2. The summed E-state index contributed by atoms with van der Waals surface area (Å²) in [6.45, 7) is 4.05. The number of benzene rings is 1. The number of furan rings is 1. The summed E-state index contributed by atoms with van der Waals surface area (Å²) in [5.41, 5.74) is 1.72. The summed E-state index contributed by atoms with van der Waals surface area (Å²) < 4.78 is 18.8. The SMILES string of the molecule is Cc1nc(CN(C(=O)c2nc(-c3ccco3)sc2C)c2ccc(F)cc2)cs1. The molecule has 0 aliphatic heterocycles. The second kappa shape index (κ2) is 7.65. The molecular formula is C20H16FN3O2S2. The Morgan fingerprint density at radius 3 is 2.61 bits per heavy atom. The zero-order valence-electron chi connectivity index (χ0n) is 15.2. The largest absolute Gasteiger partial charge is 0.462 e. The molecule has 3 heterocycles. The van der Waals surface area contributed by atoms with Crippen LogP contribution in [0.2, 0.25) is 0 Å². The lowest BCUT2D eigenvalue weighted by atomic mass is 10.2. The van der Waals surface area contributed by atoms with Crippen molar-refractivity contribution < 1.29 is 13.6 Å². The van der Waals surface area contributed by atoms with Crippen molar-refractivity contribution in [3.05, 3.63) is 75.1 Å². The molecule has 4 rings (SSSR count). The summed E-state index contributed by atoms with van der Waals surface area (Å²) in [5, 5.41) is 3.49. The van der Waals surface area contributed by atoms with Gasteiger partial charge in [0.15, 0.2) is 10.8 Å². The lowest BCUT2D eigenvalue weighted by molar-refractivity contribution is 0.0980. The van der Waals surface area contributed by atoms with Crippen molar-refractivity contribution in [1.82, 2.24) is 9.97 Å². The van der Waals surface area contributed by atoms with Gasteiger partial charge in [-0.2, -0.15) is 0 Å². The van der Waals surface area contributed by atoms with Gasteiger partial charge in [-0.25, -0.2) is 14.4 Å². The minimum Gasteiger partial charge on any atom is -0.462 e. The van der Waals surface area contributed by atoms with Gasteiger partial charge in [-0.05, 0) is 50.2 Å². The minimum absolute atomic E-state index is 0.260. The van der Waals surface area contributed by atoms with E-state index in [2.05, 4.69) is 9.97 Å². The van der Waals surface area contributed by atoms with Crippen molar-refractivity contribution in [1.29, 1.82) is 0 Å². The highest BCUT2D eigenvalue weighted by atomic mass is 32.1. The van der Waals surface area contributed by atoms with Crippen molar-refractivity contribution >= 4 is 34.3 Å². The lowest BCUT2D eigenvalue weighted by Gasteiger charge is -2.21. The van der Waals surface area contributed by atoms with Crippen LogP contribution in [0.5, 0.6) is 0 Å². The molecule has 1 amide bonds. The Morgan fingerprint density at radius 2 is 1.96 bits per heavy atom. The molecule has 0 fully saturated rings. The van der Waals surface area contributed by atoms with Crippen molar-refractivity contribution in [3.63, 3.8) is 0 Å². The van der Waals surface area contributed by atoms with Crippen molar-refractivity contribution in [2.75, 3.05) is 4.90 Å². The predicted molar refractivity (Wildman–Crippen MR) is 108 cm³/mol. The van der Waals surface area contributed by atoms with E-state index in [4.69, 9.17) is 4.42 Å². The summed E-state index contributed by atoms with van der Waals surface area (Å²) >= 11 is 2.92. The Bertz CT molecular complexity index is 1100. The number of hydrogen-bond donors (Lipinski definition) is 0. The van der Waals surface area contributed by atoms with Crippen molar-refractivity contribution in [3.8, 4) is 10.8 Å². The molecule has 0 bridgehead atoms. The first kappa shape index (κ1) is 18.5. The fraction of sp³-hybridized carbons (Fsp3) is 0.150.